The molecule has 0 saturated carbocycles. The molecule has 7 aromatic rings. The predicted molar refractivity (Wildman–Crippen MR) is 226 cm³/mol. The summed E-state index contributed by atoms with van der Waals surface area (Å²) in [7, 11) is 0. The quantitative estimate of drug-likeness (QED) is 0.0430. The van der Waals surface area contributed by atoms with Crippen LogP contribution in [0.5, 0.6) is 0 Å². The molecule has 12 heteroatoms. The van der Waals surface area contributed by atoms with Crippen molar-refractivity contribution in [1.29, 1.82) is 0 Å². The molecule has 0 fully saturated rings. The molecule has 0 bridgehead atoms. The molecular weight excluding hydrogens is 757 g/mol. The molecule has 0 amide bonds. The van der Waals surface area contributed by atoms with Crippen molar-refractivity contribution in [3.8, 4) is 22.5 Å². The lowest BCUT2D eigenvalue weighted by Gasteiger charge is -2.34. The zero-order valence-electron chi connectivity index (χ0n) is 34.0. The van der Waals surface area contributed by atoms with Crippen molar-refractivity contribution in [1.82, 2.24) is 29.8 Å². The van der Waals surface area contributed by atoms with Gasteiger partial charge >= 0.3 is 17.9 Å². The van der Waals surface area contributed by atoms with Gasteiger partial charge < -0.3 is 18.8 Å². The van der Waals surface area contributed by atoms with Crippen LogP contribution in [0.1, 0.15) is 84.5 Å². The normalized spacial score (nSPS) is 11.8. The highest BCUT2D eigenvalue weighted by Gasteiger charge is 2.41. The van der Waals surface area contributed by atoms with Crippen molar-refractivity contribution in [2.45, 2.75) is 58.7 Å². The molecule has 0 aliphatic carbocycles. The van der Waals surface area contributed by atoms with Crippen LogP contribution in [0.4, 0.5) is 0 Å². The van der Waals surface area contributed by atoms with Gasteiger partial charge in [-0.05, 0) is 65.8 Å². The summed E-state index contributed by atoms with van der Waals surface area (Å²) in [5.41, 5.74) is 5.94. The van der Waals surface area contributed by atoms with E-state index in [2.05, 4.69) is 36.4 Å². The van der Waals surface area contributed by atoms with Gasteiger partial charge in [0.1, 0.15) is 17.6 Å². The predicted octanol–water partition coefficient (Wildman–Crippen LogP) is 8.39. The van der Waals surface area contributed by atoms with Crippen LogP contribution in [0, 0.1) is 0 Å². The van der Waals surface area contributed by atoms with Gasteiger partial charge in [-0.25, -0.2) is 19.4 Å². The number of esters is 3. The Labute approximate surface area is 348 Å². The van der Waals surface area contributed by atoms with Crippen molar-refractivity contribution in [3.05, 3.63) is 179 Å². The monoisotopic (exact) mass is 802 g/mol. The zero-order valence-corrected chi connectivity index (χ0v) is 34.0. The molecule has 60 heavy (non-hydrogen) atoms. The van der Waals surface area contributed by atoms with Crippen LogP contribution >= 0.6 is 0 Å². The van der Waals surface area contributed by atoms with Crippen LogP contribution in [0.25, 0.3) is 22.5 Å². The lowest BCUT2D eigenvalue weighted by Crippen LogP contribution is -2.39. The zero-order chi connectivity index (χ0) is 42.1. The first-order valence-electron chi connectivity index (χ1n) is 20.1. The molecule has 12 nitrogen and oxygen atoms in total. The Hall–Kier alpha value is -7.21. The first-order valence-corrected chi connectivity index (χ1v) is 20.1. The minimum Gasteiger partial charge on any atom is -0.461 e. The van der Waals surface area contributed by atoms with Gasteiger partial charge in [0.25, 0.3) is 0 Å². The molecule has 1 unspecified atom stereocenters. The highest BCUT2D eigenvalue weighted by molar-refractivity contribution is 6.29. The molecule has 2 heterocycles. The van der Waals surface area contributed by atoms with E-state index in [1.807, 2.05) is 110 Å². The number of rotatable bonds is 15. The average Bonchev–Trinajstić information content (AvgIpc) is 3.92. The van der Waals surface area contributed by atoms with Crippen molar-refractivity contribution >= 4 is 17.9 Å². The maximum Gasteiger partial charge on any atom is 0.418 e. The second kappa shape index (κ2) is 18.6. The highest BCUT2D eigenvalue weighted by atomic mass is 16.6. The fourth-order valence-electron chi connectivity index (χ4n) is 7.51. The molecule has 2 aromatic heterocycles. The second-order valence-electron chi connectivity index (χ2n) is 14.0. The lowest BCUT2D eigenvalue weighted by atomic mass is 9.77. The molecule has 0 N–H and O–H groups in total. The number of carbonyl (C=O) groups excluding carboxylic acids is 3. The number of carbonyl (C=O) groups is 3. The van der Waals surface area contributed by atoms with E-state index in [1.165, 1.54) is 0 Å². The lowest BCUT2D eigenvalue weighted by molar-refractivity contribution is -0.170. The number of aryl methyl sites for hydroxylation is 1. The van der Waals surface area contributed by atoms with Crippen molar-refractivity contribution in [2.24, 2.45) is 0 Å². The van der Waals surface area contributed by atoms with E-state index in [4.69, 9.17) is 34.6 Å². The van der Waals surface area contributed by atoms with E-state index >= 15 is 0 Å². The van der Waals surface area contributed by atoms with Gasteiger partial charge in [-0.2, -0.15) is 0 Å². The topological polar surface area (TPSA) is 140 Å². The van der Waals surface area contributed by atoms with Crippen LogP contribution in [0.3, 0.4) is 0 Å². The summed E-state index contributed by atoms with van der Waals surface area (Å²) in [4.78, 5) is 44.5. The van der Waals surface area contributed by atoms with Crippen LogP contribution in [0.2, 0.25) is 0 Å². The standard InChI is InChI=1S/C48H46N6O6/c1-5-19-41-49-42(33(4)60-47(57)46(56)59-7-3)43(45(55)58-6-2)53(41)32-34-28-30-35(31-29-34)39-26-17-18-27-40(39)44-50-52-54(51-44)48(36-20-11-8-12-21-36,37-22-13-9-14-23-37)38-24-15-10-16-25-38/h8-18,20-31,33H,5-7,19,32H2,1-4H3. The Kier molecular flexibility index (Phi) is 12.7. The molecule has 0 spiro atoms. The summed E-state index contributed by atoms with van der Waals surface area (Å²) >= 11 is 0. The van der Waals surface area contributed by atoms with Crippen molar-refractivity contribution < 1.29 is 28.6 Å². The first kappa shape index (κ1) is 41.0. The third kappa shape index (κ3) is 8.22. The van der Waals surface area contributed by atoms with Gasteiger partial charge in [-0.3, -0.25) is 0 Å². The highest BCUT2D eigenvalue weighted by Crippen LogP contribution is 2.40. The smallest absolute Gasteiger partial charge is 0.418 e. The molecule has 0 aliphatic rings. The van der Waals surface area contributed by atoms with E-state index in [1.54, 1.807) is 30.1 Å². The minimum atomic E-state index is -1.16. The molecule has 0 aliphatic heterocycles. The third-order valence-corrected chi connectivity index (χ3v) is 10.2. The van der Waals surface area contributed by atoms with E-state index in [0.29, 0.717) is 18.1 Å². The summed E-state index contributed by atoms with van der Waals surface area (Å²) in [6, 6.07) is 46.6. The Morgan fingerprint density at radius 3 is 1.77 bits per heavy atom. The number of hydrogen-bond acceptors (Lipinski definition) is 10. The van der Waals surface area contributed by atoms with E-state index in [9.17, 15) is 14.4 Å². The molecule has 304 valence electrons. The minimum absolute atomic E-state index is 0.0213. The number of aromatic nitrogens is 6. The number of hydrogen-bond donors (Lipinski definition) is 0. The number of nitrogens with zero attached hydrogens (tertiary/aromatic N) is 6. The maximum absolute atomic E-state index is 13.5. The maximum atomic E-state index is 13.5. The summed E-state index contributed by atoms with van der Waals surface area (Å²) in [5, 5.41) is 14.6. The number of imidazole rings is 1. The van der Waals surface area contributed by atoms with Crippen molar-refractivity contribution in [2.75, 3.05) is 13.2 Å². The summed E-state index contributed by atoms with van der Waals surface area (Å²) < 4.78 is 17.5. The Morgan fingerprint density at radius 1 is 0.667 bits per heavy atom. The second-order valence-corrected chi connectivity index (χ2v) is 14.0. The molecule has 1 atom stereocenters. The Morgan fingerprint density at radius 2 is 1.22 bits per heavy atom. The van der Waals surface area contributed by atoms with Gasteiger partial charge in [-0.15, -0.1) is 15.0 Å². The van der Waals surface area contributed by atoms with Gasteiger partial charge in [0.2, 0.25) is 5.82 Å². The fourth-order valence-corrected chi connectivity index (χ4v) is 7.51. The SMILES string of the molecule is CCCc1nc(C(C)OC(=O)C(=O)OCC)c(C(=O)OCC)n1Cc1ccc(-c2ccccc2-c2nnn(C(c3ccccc3)(c3ccccc3)c3ccccc3)n2)cc1. The molecule has 7 rings (SSSR count). The first-order chi connectivity index (χ1) is 29.3. The fraction of sp³-hybridized carbons (Fsp3) is 0.229. The number of tetrazole rings is 1. The molecule has 0 saturated heterocycles. The van der Waals surface area contributed by atoms with Gasteiger partial charge in [-0.1, -0.05) is 146 Å². The Bertz CT molecular complexity index is 2460. The van der Waals surface area contributed by atoms with Crippen LogP contribution in [-0.4, -0.2) is 60.9 Å². The summed E-state index contributed by atoms with van der Waals surface area (Å²) in [6.45, 7) is 7.32. The molecular formula is C48H46N6O6. The van der Waals surface area contributed by atoms with E-state index in [-0.39, 0.29) is 31.1 Å². The Balaban J connectivity index is 1.24. The van der Waals surface area contributed by atoms with Crippen LogP contribution in [0.15, 0.2) is 140 Å². The number of ether oxygens (including phenoxy) is 3. The summed E-state index contributed by atoms with van der Waals surface area (Å²) in [6.07, 6.45) is 0.263. The van der Waals surface area contributed by atoms with E-state index < -0.39 is 29.6 Å². The van der Waals surface area contributed by atoms with E-state index in [0.717, 1.165) is 45.4 Å². The van der Waals surface area contributed by atoms with Crippen molar-refractivity contribution in [3.63, 3.8) is 0 Å². The third-order valence-electron chi connectivity index (χ3n) is 10.2. The van der Waals surface area contributed by atoms with Crippen LogP contribution in [-0.2, 0) is 42.3 Å². The van der Waals surface area contributed by atoms with Crippen LogP contribution < -0.4 is 0 Å². The number of benzene rings is 5. The average molecular weight is 803 g/mol. The molecule has 5 aromatic carbocycles. The van der Waals surface area contributed by atoms with Gasteiger partial charge in [0.15, 0.2) is 11.2 Å². The van der Waals surface area contributed by atoms with Gasteiger partial charge in [0.05, 0.1) is 13.2 Å². The summed E-state index contributed by atoms with van der Waals surface area (Å²) in [5.74, 6) is -1.80. The molecule has 0 radical (unpaired) electrons. The largest absolute Gasteiger partial charge is 0.461 e. The van der Waals surface area contributed by atoms with Gasteiger partial charge in [0, 0.05) is 18.5 Å².